The molecular formula is C11H17ClN2O2. The fourth-order valence-corrected chi connectivity index (χ4v) is 1.41. The second kappa shape index (κ2) is 6.55. The highest BCUT2D eigenvalue weighted by Crippen LogP contribution is 2.04. The van der Waals surface area contributed by atoms with Crippen LogP contribution < -0.4 is 10.2 Å². The molecule has 0 atom stereocenters. The van der Waals surface area contributed by atoms with E-state index in [1.807, 2.05) is 14.1 Å². The molecule has 0 saturated heterocycles. The summed E-state index contributed by atoms with van der Waals surface area (Å²) in [5.74, 6) is 0.656. The molecule has 5 heteroatoms. The Balaban J connectivity index is 2.45. The highest BCUT2D eigenvalue weighted by molar-refractivity contribution is 6.16. The second-order valence-corrected chi connectivity index (χ2v) is 4.09. The summed E-state index contributed by atoms with van der Waals surface area (Å²) in [5, 5.41) is 0. The van der Waals surface area contributed by atoms with Crippen molar-refractivity contribution in [3.63, 3.8) is 0 Å². The number of nitrogens with one attached hydrogen (secondary N) is 1. The Kier molecular flexibility index (Phi) is 5.35. The number of aromatic amines is 1. The Morgan fingerprint density at radius 3 is 2.81 bits per heavy atom. The third-order valence-electron chi connectivity index (χ3n) is 2.09. The molecule has 16 heavy (non-hydrogen) atoms. The maximum atomic E-state index is 11.5. The van der Waals surface area contributed by atoms with E-state index in [0.717, 1.165) is 13.0 Å². The molecule has 0 spiro atoms. The van der Waals surface area contributed by atoms with Crippen molar-refractivity contribution in [3.8, 4) is 5.75 Å². The lowest BCUT2D eigenvalue weighted by atomic mass is 10.3. The van der Waals surface area contributed by atoms with Gasteiger partial charge in [0, 0.05) is 24.5 Å². The van der Waals surface area contributed by atoms with E-state index in [-0.39, 0.29) is 5.43 Å². The molecule has 1 aromatic rings. The number of nitrogens with zero attached hydrogens (tertiary/aromatic N) is 1. The van der Waals surface area contributed by atoms with Crippen molar-refractivity contribution < 1.29 is 4.74 Å². The van der Waals surface area contributed by atoms with Crippen LogP contribution in [-0.4, -0.2) is 37.1 Å². The first-order valence-corrected chi connectivity index (χ1v) is 5.72. The molecule has 0 bridgehead atoms. The summed E-state index contributed by atoms with van der Waals surface area (Å²) in [4.78, 5) is 16.5. The van der Waals surface area contributed by atoms with Crippen LogP contribution in [0, 0.1) is 0 Å². The molecule has 1 N–H and O–H groups in total. The Morgan fingerprint density at radius 2 is 2.25 bits per heavy atom. The third kappa shape index (κ3) is 4.24. The molecule has 1 aromatic heterocycles. The first kappa shape index (κ1) is 13.1. The minimum Gasteiger partial charge on any atom is -0.488 e. The monoisotopic (exact) mass is 244 g/mol. The van der Waals surface area contributed by atoms with Crippen LogP contribution in [0.25, 0.3) is 0 Å². The van der Waals surface area contributed by atoms with Crippen LogP contribution in [0.1, 0.15) is 12.1 Å². The molecule has 0 unspecified atom stereocenters. The average Bonchev–Trinajstić information content (AvgIpc) is 2.25. The van der Waals surface area contributed by atoms with Crippen molar-refractivity contribution in [2.75, 3.05) is 27.2 Å². The van der Waals surface area contributed by atoms with Crippen LogP contribution in [0.4, 0.5) is 0 Å². The summed E-state index contributed by atoms with van der Waals surface area (Å²) in [6, 6.07) is 1.47. The summed E-state index contributed by atoms with van der Waals surface area (Å²) in [6.07, 6.45) is 2.46. The predicted octanol–water partition coefficient (Wildman–Crippen LogP) is 1.44. The number of rotatable bonds is 6. The number of halogens is 1. The van der Waals surface area contributed by atoms with Crippen molar-refractivity contribution in [3.05, 3.63) is 28.2 Å². The van der Waals surface area contributed by atoms with Crippen molar-refractivity contribution in [1.82, 2.24) is 9.88 Å². The number of hydrogen-bond donors (Lipinski definition) is 1. The number of hydrogen-bond acceptors (Lipinski definition) is 3. The maximum absolute atomic E-state index is 11.5. The molecule has 0 radical (unpaired) electrons. The molecule has 0 aromatic carbocycles. The minimum absolute atomic E-state index is 0.126. The second-order valence-electron chi connectivity index (χ2n) is 3.83. The molecule has 0 aliphatic carbocycles. The standard InChI is InChI=1S/C11H17ClN2O2/c1-14(2)4-3-5-16-11-8-13-9(7-12)6-10(11)15/h6,8H,3-5,7H2,1-2H3,(H,13,15). The van der Waals surface area contributed by atoms with Gasteiger partial charge in [0.15, 0.2) is 5.75 Å². The maximum Gasteiger partial charge on any atom is 0.223 e. The number of ether oxygens (including phenoxy) is 1. The zero-order valence-corrected chi connectivity index (χ0v) is 10.4. The Morgan fingerprint density at radius 1 is 1.50 bits per heavy atom. The molecule has 0 aliphatic heterocycles. The van der Waals surface area contributed by atoms with Gasteiger partial charge < -0.3 is 14.6 Å². The van der Waals surface area contributed by atoms with Crippen molar-refractivity contribution in [2.24, 2.45) is 0 Å². The number of alkyl halides is 1. The quantitative estimate of drug-likeness (QED) is 0.609. The molecule has 0 amide bonds. The first-order valence-electron chi connectivity index (χ1n) is 5.18. The van der Waals surface area contributed by atoms with Crippen LogP contribution in [0.2, 0.25) is 0 Å². The molecule has 1 rings (SSSR count). The summed E-state index contributed by atoms with van der Waals surface area (Å²) < 4.78 is 5.37. The van der Waals surface area contributed by atoms with E-state index in [9.17, 15) is 4.79 Å². The van der Waals surface area contributed by atoms with E-state index in [2.05, 4.69) is 9.88 Å². The number of H-pyrrole nitrogens is 1. The number of aromatic nitrogens is 1. The fraction of sp³-hybridized carbons (Fsp3) is 0.545. The smallest absolute Gasteiger partial charge is 0.223 e. The molecule has 0 fully saturated rings. The van der Waals surface area contributed by atoms with Gasteiger partial charge in [0.2, 0.25) is 5.43 Å². The van der Waals surface area contributed by atoms with Gasteiger partial charge in [-0.2, -0.15) is 0 Å². The zero-order chi connectivity index (χ0) is 12.0. The normalized spacial score (nSPS) is 10.8. The predicted molar refractivity (Wildman–Crippen MR) is 65.3 cm³/mol. The van der Waals surface area contributed by atoms with Crippen molar-refractivity contribution in [1.29, 1.82) is 0 Å². The molecular weight excluding hydrogens is 228 g/mol. The highest BCUT2D eigenvalue weighted by Gasteiger charge is 2.01. The van der Waals surface area contributed by atoms with E-state index >= 15 is 0 Å². The van der Waals surface area contributed by atoms with E-state index in [1.54, 1.807) is 6.20 Å². The lowest BCUT2D eigenvalue weighted by Gasteiger charge is -2.10. The third-order valence-corrected chi connectivity index (χ3v) is 2.38. The van der Waals surface area contributed by atoms with Gasteiger partial charge in [0.25, 0.3) is 0 Å². The zero-order valence-electron chi connectivity index (χ0n) is 9.62. The Hall–Kier alpha value is -1.00. The van der Waals surface area contributed by atoms with Gasteiger partial charge >= 0.3 is 0 Å². The van der Waals surface area contributed by atoms with E-state index in [0.29, 0.717) is 23.9 Å². The van der Waals surface area contributed by atoms with E-state index < -0.39 is 0 Å². The van der Waals surface area contributed by atoms with Crippen LogP contribution in [0.3, 0.4) is 0 Å². The van der Waals surface area contributed by atoms with Gasteiger partial charge in [-0.1, -0.05) is 0 Å². The van der Waals surface area contributed by atoms with Crippen LogP contribution in [0.15, 0.2) is 17.1 Å². The van der Waals surface area contributed by atoms with Gasteiger partial charge in [0.1, 0.15) is 0 Å². The largest absolute Gasteiger partial charge is 0.488 e. The average molecular weight is 245 g/mol. The van der Waals surface area contributed by atoms with Gasteiger partial charge in [-0.3, -0.25) is 4.79 Å². The summed E-state index contributed by atoms with van der Waals surface area (Å²) >= 11 is 5.60. The molecule has 4 nitrogen and oxygen atoms in total. The van der Waals surface area contributed by atoms with Crippen LogP contribution in [0.5, 0.6) is 5.75 Å². The Bertz CT molecular complexity index is 376. The SMILES string of the molecule is CN(C)CCCOc1c[nH]c(CCl)cc1=O. The summed E-state index contributed by atoms with van der Waals surface area (Å²) in [6.45, 7) is 1.49. The Labute approximate surface area is 100 Å². The van der Waals surface area contributed by atoms with Crippen LogP contribution >= 0.6 is 11.6 Å². The van der Waals surface area contributed by atoms with E-state index in [4.69, 9.17) is 16.3 Å². The minimum atomic E-state index is -0.126. The van der Waals surface area contributed by atoms with Gasteiger partial charge in [-0.25, -0.2) is 0 Å². The number of pyridine rings is 1. The first-order chi connectivity index (χ1) is 7.63. The van der Waals surface area contributed by atoms with Crippen molar-refractivity contribution in [2.45, 2.75) is 12.3 Å². The van der Waals surface area contributed by atoms with Gasteiger partial charge in [0.05, 0.1) is 12.5 Å². The molecule has 0 aliphatic rings. The lowest BCUT2D eigenvalue weighted by molar-refractivity contribution is 0.279. The van der Waals surface area contributed by atoms with Gasteiger partial charge in [-0.15, -0.1) is 11.6 Å². The topological polar surface area (TPSA) is 45.3 Å². The lowest BCUT2D eigenvalue weighted by Crippen LogP contribution is -2.17. The summed E-state index contributed by atoms with van der Waals surface area (Å²) in [7, 11) is 4.00. The summed E-state index contributed by atoms with van der Waals surface area (Å²) in [5.41, 5.74) is 0.576. The fourth-order valence-electron chi connectivity index (χ4n) is 1.25. The molecule has 0 saturated carbocycles. The highest BCUT2D eigenvalue weighted by atomic mass is 35.5. The molecule has 1 heterocycles. The molecule has 90 valence electrons. The van der Waals surface area contributed by atoms with E-state index in [1.165, 1.54) is 6.07 Å². The van der Waals surface area contributed by atoms with Crippen molar-refractivity contribution >= 4 is 11.6 Å². The van der Waals surface area contributed by atoms with Gasteiger partial charge in [-0.05, 0) is 20.5 Å². The van der Waals surface area contributed by atoms with Crippen LogP contribution in [-0.2, 0) is 5.88 Å².